The van der Waals surface area contributed by atoms with Crippen LogP contribution in [0.1, 0.15) is 5.56 Å². The SMILES string of the molecule is OCc1ccc(Sc2cccs2)cc1Br. The minimum Gasteiger partial charge on any atom is -0.392 e. The van der Waals surface area contributed by atoms with Gasteiger partial charge in [0.2, 0.25) is 0 Å². The van der Waals surface area contributed by atoms with Crippen LogP contribution in [0, 0.1) is 0 Å². The van der Waals surface area contributed by atoms with Crippen LogP contribution in [0.25, 0.3) is 0 Å². The highest BCUT2D eigenvalue weighted by Gasteiger charge is 2.02. The summed E-state index contributed by atoms with van der Waals surface area (Å²) in [7, 11) is 0. The fourth-order valence-corrected chi connectivity index (χ4v) is 3.60. The van der Waals surface area contributed by atoms with Crippen LogP contribution in [0.5, 0.6) is 0 Å². The first-order chi connectivity index (χ1) is 7.29. The fourth-order valence-electron chi connectivity index (χ4n) is 1.16. The van der Waals surface area contributed by atoms with Gasteiger partial charge in [-0.1, -0.05) is 39.8 Å². The molecule has 15 heavy (non-hydrogen) atoms. The fraction of sp³-hybridized carbons (Fsp3) is 0.0909. The summed E-state index contributed by atoms with van der Waals surface area (Å²) >= 11 is 6.91. The number of hydrogen-bond donors (Lipinski definition) is 1. The number of rotatable bonds is 3. The molecule has 1 heterocycles. The summed E-state index contributed by atoms with van der Waals surface area (Å²) in [4.78, 5) is 1.18. The third kappa shape index (κ3) is 2.84. The highest BCUT2D eigenvalue weighted by atomic mass is 79.9. The number of aliphatic hydroxyl groups excluding tert-OH is 1. The van der Waals surface area contributed by atoms with Gasteiger partial charge in [0, 0.05) is 9.37 Å². The van der Waals surface area contributed by atoms with Crippen molar-refractivity contribution in [3.63, 3.8) is 0 Å². The Hall–Kier alpha value is -0.290. The van der Waals surface area contributed by atoms with Crippen LogP contribution in [-0.4, -0.2) is 5.11 Å². The lowest BCUT2D eigenvalue weighted by molar-refractivity contribution is 0.281. The van der Waals surface area contributed by atoms with Crippen LogP contribution in [-0.2, 0) is 6.61 Å². The van der Waals surface area contributed by atoms with Gasteiger partial charge in [-0.3, -0.25) is 0 Å². The molecule has 0 saturated carbocycles. The summed E-state index contributed by atoms with van der Waals surface area (Å²) in [6, 6.07) is 10.2. The topological polar surface area (TPSA) is 20.2 Å². The Kier molecular flexibility index (Phi) is 3.86. The molecular formula is C11H9BrOS2. The summed E-state index contributed by atoms with van der Waals surface area (Å²) in [5, 5.41) is 11.1. The van der Waals surface area contributed by atoms with E-state index in [-0.39, 0.29) is 6.61 Å². The zero-order chi connectivity index (χ0) is 10.7. The van der Waals surface area contributed by atoms with Crippen LogP contribution >= 0.6 is 39.0 Å². The molecule has 0 spiro atoms. The normalized spacial score (nSPS) is 10.5. The molecular weight excluding hydrogens is 292 g/mol. The maximum Gasteiger partial charge on any atom is 0.0692 e. The third-order valence-corrected chi connectivity index (χ3v) is 4.67. The molecule has 1 nitrogen and oxygen atoms in total. The maximum absolute atomic E-state index is 9.03. The first-order valence-electron chi connectivity index (χ1n) is 4.40. The van der Waals surface area contributed by atoms with Crippen molar-refractivity contribution in [3.05, 3.63) is 45.7 Å². The van der Waals surface area contributed by atoms with Gasteiger partial charge in [-0.15, -0.1) is 11.3 Å². The van der Waals surface area contributed by atoms with Gasteiger partial charge in [-0.25, -0.2) is 0 Å². The zero-order valence-electron chi connectivity index (χ0n) is 7.81. The van der Waals surface area contributed by atoms with E-state index in [1.54, 1.807) is 23.1 Å². The largest absolute Gasteiger partial charge is 0.392 e. The Balaban J connectivity index is 2.20. The summed E-state index contributed by atoms with van der Waals surface area (Å²) in [5.41, 5.74) is 0.922. The van der Waals surface area contributed by atoms with Crippen LogP contribution in [0.3, 0.4) is 0 Å². The second kappa shape index (κ2) is 5.16. The van der Waals surface area contributed by atoms with Crippen molar-refractivity contribution in [2.24, 2.45) is 0 Å². The van der Waals surface area contributed by atoms with Gasteiger partial charge >= 0.3 is 0 Å². The second-order valence-corrected chi connectivity index (χ2v) is 6.12. The van der Waals surface area contributed by atoms with E-state index < -0.39 is 0 Å². The number of halogens is 1. The molecule has 4 heteroatoms. The number of aliphatic hydroxyl groups is 1. The lowest BCUT2D eigenvalue weighted by Gasteiger charge is -2.03. The highest BCUT2D eigenvalue weighted by molar-refractivity contribution is 9.10. The molecule has 0 aliphatic heterocycles. The van der Waals surface area contributed by atoms with Gasteiger partial charge in [-0.2, -0.15) is 0 Å². The van der Waals surface area contributed by atoms with Gasteiger partial charge < -0.3 is 5.11 Å². The molecule has 1 aromatic heterocycles. The molecule has 0 saturated heterocycles. The summed E-state index contributed by atoms with van der Waals surface area (Å²) < 4.78 is 2.24. The second-order valence-electron chi connectivity index (χ2n) is 2.95. The van der Waals surface area contributed by atoms with Crippen molar-refractivity contribution in [1.82, 2.24) is 0 Å². The summed E-state index contributed by atoms with van der Waals surface area (Å²) in [5.74, 6) is 0. The van der Waals surface area contributed by atoms with Gasteiger partial charge in [-0.05, 0) is 29.1 Å². The lowest BCUT2D eigenvalue weighted by atomic mass is 10.2. The predicted molar refractivity (Wildman–Crippen MR) is 68.5 cm³/mol. The minimum absolute atomic E-state index is 0.0739. The molecule has 0 fully saturated rings. The van der Waals surface area contributed by atoms with E-state index in [1.165, 1.54) is 9.10 Å². The monoisotopic (exact) mass is 300 g/mol. The average Bonchev–Trinajstić information content (AvgIpc) is 2.71. The summed E-state index contributed by atoms with van der Waals surface area (Å²) in [6.07, 6.45) is 0. The third-order valence-electron chi connectivity index (χ3n) is 1.91. The Morgan fingerprint density at radius 1 is 1.33 bits per heavy atom. The molecule has 78 valence electrons. The smallest absolute Gasteiger partial charge is 0.0692 e. The molecule has 1 N–H and O–H groups in total. The molecule has 0 aliphatic carbocycles. The molecule has 2 aromatic rings. The Morgan fingerprint density at radius 2 is 2.20 bits per heavy atom. The van der Waals surface area contributed by atoms with Gasteiger partial charge in [0.05, 0.1) is 10.8 Å². The van der Waals surface area contributed by atoms with Crippen molar-refractivity contribution < 1.29 is 5.11 Å². The molecule has 0 aliphatic rings. The maximum atomic E-state index is 9.03. The molecule has 0 unspecified atom stereocenters. The van der Waals surface area contributed by atoms with E-state index >= 15 is 0 Å². The van der Waals surface area contributed by atoms with E-state index in [2.05, 4.69) is 27.4 Å². The Labute approximate surface area is 105 Å². The molecule has 0 amide bonds. The first-order valence-corrected chi connectivity index (χ1v) is 6.89. The quantitative estimate of drug-likeness (QED) is 0.919. The Morgan fingerprint density at radius 3 is 2.80 bits per heavy atom. The first kappa shape index (κ1) is 11.2. The standard InChI is InChI=1S/C11H9BrOS2/c12-10-6-9(4-3-8(10)7-13)15-11-2-1-5-14-11/h1-6,13H,7H2. The number of hydrogen-bond acceptors (Lipinski definition) is 3. The molecule has 0 radical (unpaired) electrons. The molecule has 1 aromatic carbocycles. The van der Waals surface area contributed by atoms with Gasteiger partial charge in [0.15, 0.2) is 0 Å². The average molecular weight is 301 g/mol. The Bertz CT molecular complexity index is 440. The summed E-state index contributed by atoms with van der Waals surface area (Å²) in [6.45, 7) is 0.0739. The molecule has 0 atom stereocenters. The van der Waals surface area contributed by atoms with Crippen molar-refractivity contribution in [3.8, 4) is 0 Å². The minimum atomic E-state index is 0.0739. The van der Waals surface area contributed by atoms with Crippen LogP contribution in [0.2, 0.25) is 0 Å². The predicted octanol–water partition coefficient (Wildman–Crippen LogP) is 4.15. The van der Waals surface area contributed by atoms with E-state index in [4.69, 9.17) is 5.11 Å². The van der Waals surface area contributed by atoms with Crippen molar-refractivity contribution in [2.75, 3.05) is 0 Å². The molecule has 0 bridgehead atoms. The highest BCUT2D eigenvalue weighted by Crippen LogP contribution is 2.33. The molecule has 2 rings (SSSR count). The van der Waals surface area contributed by atoms with E-state index in [1.807, 2.05) is 24.3 Å². The van der Waals surface area contributed by atoms with Crippen molar-refractivity contribution in [1.29, 1.82) is 0 Å². The lowest BCUT2D eigenvalue weighted by Crippen LogP contribution is -1.84. The van der Waals surface area contributed by atoms with E-state index in [9.17, 15) is 0 Å². The van der Waals surface area contributed by atoms with Crippen molar-refractivity contribution in [2.45, 2.75) is 15.7 Å². The van der Waals surface area contributed by atoms with E-state index in [0.717, 1.165) is 10.0 Å². The van der Waals surface area contributed by atoms with Crippen LogP contribution in [0.15, 0.2) is 49.3 Å². The van der Waals surface area contributed by atoms with Gasteiger partial charge in [0.25, 0.3) is 0 Å². The van der Waals surface area contributed by atoms with Gasteiger partial charge in [0.1, 0.15) is 0 Å². The van der Waals surface area contributed by atoms with E-state index in [0.29, 0.717) is 0 Å². The van der Waals surface area contributed by atoms with Crippen molar-refractivity contribution >= 4 is 39.0 Å². The van der Waals surface area contributed by atoms with Crippen LogP contribution < -0.4 is 0 Å². The van der Waals surface area contributed by atoms with Crippen LogP contribution in [0.4, 0.5) is 0 Å². The zero-order valence-corrected chi connectivity index (χ0v) is 11.0. The number of thiophene rings is 1. The number of benzene rings is 1.